The third kappa shape index (κ3) is 6.53. The van der Waals surface area contributed by atoms with Crippen molar-refractivity contribution in [3.05, 3.63) is 47.2 Å². The molecule has 1 aromatic heterocycles. The average Bonchev–Trinajstić information content (AvgIpc) is 3.07. The second-order valence-corrected chi connectivity index (χ2v) is 6.39. The van der Waals surface area contributed by atoms with Gasteiger partial charge in [-0.15, -0.1) is 0 Å². The van der Waals surface area contributed by atoms with E-state index < -0.39 is 0 Å². The van der Waals surface area contributed by atoms with Crippen LogP contribution in [0.15, 0.2) is 34.9 Å². The van der Waals surface area contributed by atoms with Gasteiger partial charge in [-0.05, 0) is 37.5 Å². The highest BCUT2D eigenvalue weighted by atomic mass is 16.5. The summed E-state index contributed by atoms with van der Waals surface area (Å²) >= 11 is 0. The Morgan fingerprint density at radius 1 is 1.26 bits per heavy atom. The first-order valence-corrected chi connectivity index (χ1v) is 9.13. The predicted octanol–water partition coefficient (Wildman–Crippen LogP) is 3.05. The molecule has 7 heteroatoms. The zero-order valence-electron chi connectivity index (χ0n) is 16.2. The summed E-state index contributed by atoms with van der Waals surface area (Å²) in [6.07, 6.45) is 3.25. The number of ether oxygens (including phenoxy) is 1. The number of methoxy groups -OCH3 is 1. The first-order valence-electron chi connectivity index (χ1n) is 9.13. The van der Waals surface area contributed by atoms with Crippen molar-refractivity contribution in [2.24, 2.45) is 0 Å². The lowest BCUT2D eigenvalue weighted by Crippen LogP contribution is -2.40. The van der Waals surface area contributed by atoms with E-state index in [1.807, 2.05) is 24.3 Å². The van der Waals surface area contributed by atoms with Gasteiger partial charge in [0.2, 0.25) is 5.91 Å². The van der Waals surface area contributed by atoms with Gasteiger partial charge in [0.1, 0.15) is 12.3 Å². The van der Waals surface area contributed by atoms with Crippen LogP contribution in [-0.4, -0.2) is 48.7 Å². The minimum Gasteiger partial charge on any atom is -0.383 e. The van der Waals surface area contributed by atoms with Crippen LogP contribution in [0.25, 0.3) is 0 Å². The third-order valence-corrected chi connectivity index (χ3v) is 4.10. The molecule has 0 unspecified atom stereocenters. The lowest BCUT2D eigenvalue weighted by molar-refractivity contribution is -0.117. The van der Waals surface area contributed by atoms with Gasteiger partial charge in [-0.1, -0.05) is 30.6 Å². The summed E-state index contributed by atoms with van der Waals surface area (Å²) in [5.74, 6) is 0.380. The molecule has 2 amide bonds. The number of hydrogen-bond acceptors (Lipinski definition) is 5. The molecule has 0 bridgehead atoms. The Kier molecular flexibility index (Phi) is 8.00. The number of anilines is 1. The Bertz CT molecular complexity index is 740. The molecule has 2 rings (SSSR count). The van der Waals surface area contributed by atoms with Crippen LogP contribution in [-0.2, 0) is 16.0 Å². The summed E-state index contributed by atoms with van der Waals surface area (Å²) in [6, 6.07) is 9.18. The van der Waals surface area contributed by atoms with Crippen molar-refractivity contribution < 1.29 is 18.8 Å². The summed E-state index contributed by atoms with van der Waals surface area (Å²) < 4.78 is 10.00. The fraction of sp³-hybridized carbons (Fsp3) is 0.450. The lowest BCUT2D eigenvalue weighted by atomic mass is 10.1. The van der Waals surface area contributed by atoms with Gasteiger partial charge in [0.15, 0.2) is 5.82 Å². The maximum Gasteiger partial charge on any atom is 0.254 e. The topological polar surface area (TPSA) is 84.7 Å². The molecule has 146 valence electrons. The Morgan fingerprint density at radius 3 is 2.59 bits per heavy atom. The average molecular weight is 373 g/mol. The van der Waals surface area contributed by atoms with Crippen molar-refractivity contribution in [1.29, 1.82) is 0 Å². The highest BCUT2D eigenvalue weighted by molar-refractivity contribution is 5.99. The van der Waals surface area contributed by atoms with Gasteiger partial charge in [0.25, 0.3) is 5.91 Å². The van der Waals surface area contributed by atoms with Crippen molar-refractivity contribution in [2.45, 2.75) is 33.1 Å². The second-order valence-electron chi connectivity index (χ2n) is 6.39. The van der Waals surface area contributed by atoms with Crippen LogP contribution in [0.4, 0.5) is 5.82 Å². The van der Waals surface area contributed by atoms with Gasteiger partial charge in [-0.25, -0.2) is 0 Å². The summed E-state index contributed by atoms with van der Waals surface area (Å²) in [4.78, 5) is 26.6. The minimum absolute atomic E-state index is 0.0916. The number of rotatable bonds is 10. The van der Waals surface area contributed by atoms with E-state index in [-0.39, 0.29) is 18.4 Å². The van der Waals surface area contributed by atoms with Crippen LogP contribution >= 0.6 is 0 Å². The molecule has 7 nitrogen and oxygen atoms in total. The number of aryl methyl sites for hydroxylation is 2. The molecular formula is C20H27N3O4. The molecule has 0 aliphatic rings. The molecule has 0 saturated heterocycles. The number of aromatic nitrogens is 1. The predicted molar refractivity (Wildman–Crippen MR) is 103 cm³/mol. The minimum atomic E-state index is -0.340. The van der Waals surface area contributed by atoms with E-state index in [4.69, 9.17) is 9.26 Å². The van der Waals surface area contributed by atoms with Gasteiger partial charge in [-0.2, -0.15) is 0 Å². The first-order chi connectivity index (χ1) is 13.0. The van der Waals surface area contributed by atoms with E-state index in [0.29, 0.717) is 30.3 Å². The van der Waals surface area contributed by atoms with E-state index in [2.05, 4.69) is 17.4 Å². The molecule has 0 aliphatic carbocycles. The highest BCUT2D eigenvalue weighted by Crippen LogP contribution is 2.11. The van der Waals surface area contributed by atoms with E-state index in [9.17, 15) is 9.59 Å². The molecule has 1 N–H and O–H groups in total. The van der Waals surface area contributed by atoms with Crippen LogP contribution in [0.1, 0.15) is 41.4 Å². The maximum atomic E-state index is 12.8. The smallest absolute Gasteiger partial charge is 0.254 e. The van der Waals surface area contributed by atoms with Gasteiger partial charge in [0, 0.05) is 25.3 Å². The Balaban J connectivity index is 2.02. The molecule has 0 atom stereocenters. The van der Waals surface area contributed by atoms with Gasteiger partial charge < -0.3 is 19.5 Å². The van der Waals surface area contributed by atoms with E-state index in [1.165, 1.54) is 10.5 Å². The molecule has 0 saturated carbocycles. The van der Waals surface area contributed by atoms with Crippen molar-refractivity contribution in [2.75, 3.05) is 32.1 Å². The monoisotopic (exact) mass is 373 g/mol. The van der Waals surface area contributed by atoms with E-state index in [0.717, 1.165) is 19.3 Å². The Hall–Kier alpha value is -2.67. The van der Waals surface area contributed by atoms with Crippen LogP contribution in [0.2, 0.25) is 0 Å². The largest absolute Gasteiger partial charge is 0.383 e. The van der Waals surface area contributed by atoms with Crippen LogP contribution in [0.5, 0.6) is 0 Å². The SMILES string of the molecule is CCCCc1ccc(C(=O)N(CCOC)CC(=O)Nc2cc(C)on2)cc1. The van der Waals surface area contributed by atoms with Crippen LogP contribution < -0.4 is 5.32 Å². The molecule has 0 spiro atoms. The van der Waals surface area contributed by atoms with Crippen LogP contribution in [0.3, 0.4) is 0 Å². The Morgan fingerprint density at radius 2 is 2.00 bits per heavy atom. The van der Waals surface area contributed by atoms with Crippen molar-refractivity contribution in [1.82, 2.24) is 10.1 Å². The normalized spacial score (nSPS) is 10.6. The van der Waals surface area contributed by atoms with Gasteiger partial charge in [-0.3, -0.25) is 9.59 Å². The summed E-state index contributed by atoms with van der Waals surface area (Å²) in [6.45, 7) is 4.46. The van der Waals surface area contributed by atoms with Crippen LogP contribution in [0, 0.1) is 6.92 Å². The summed E-state index contributed by atoms with van der Waals surface area (Å²) in [5.41, 5.74) is 1.76. The molecule has 0 fully saturated rings. The number of nitrogens with zero attached hydrogens (tertiary/aromatic N) is 2. The molecule has 1 heterocycles. The Labute approximate surface area is 159 Å². The molecule has 0 aliphatic heterocycles. The molecule has 1 aromatic carbocycles. The number of amides is 2. The second kappa shape index (κ2) is 10.5. The van der Waals surface area contributed by atoms with E-state index in [1.54, 1.807) is 20.1 Å². The van der Waals surface area contributed by atoms with E-state index >= 15 is 0 Å². The molecule has 27 heavy (non-hydrogen) atoms. The quantitative estimate of drug-likeness (QED) is 0.692. The standard InChI is InChI=1S/C20H27N3O4/c1-4-5-6-16-7-9-17(10-8-16)20(25)23(11-12-26-3)14-19(24)21-18-13-15(2)27-22-18/h7-10,13H,4-6,11-12,14H2,1-3H3,(H,21,22,24). The van der Waals surface area contributed by atoms with Gasteiger partial charge >= 0.3 is 0 Å². The fourth-order valence-electron chi connectivity index (χ4n) is 2.61. The lowest BCUT2D eigenvalue weighted by Gasteiger charge is -2.21. The molecule has 0 radical (unpaired) electrons. The maximum absolute atomic E-state index is 12.8. The zero-order valence-corrected chi connectivity index (χ0v) is 16.2. The summed E-state index contributed by atoms with van der Waals surface area (Å²) in [7, 11) is 1.56. The van der Waals surface area contributed by atoms with Crippen molar-refractivity contribution in [3.8, 4) is 0 Å². The number of carbonyl (C=O) groups excluding carboxylic acids is 2. The molecule has 2 aromatic rings. The highest BCUT2D eigenvalue weighted by Gasteiger charge is 2.19. The number of nitrogens with one attached hydrogen (secondary N) is 1. The number of unbranched alkanes of at least 4 members (excludes halogenated alkanes) is 1. The zero-order chi connectivity index (χ0) is 19.6. The third-order valence-electron chi connectivity index (χ3n) is 4.10. The number of benzene rings is 1. The first kappa shape index (κ1) is 20.6. The fourth-order valence-corrected chi connectivity index (χ4v) is 2.61. The summed E-state index contributed by atoms with van der Waals surface area (Å²) in [5, 5.41) is 6.36. The number of carbonyl (C=O) groups is 2. The van der Waals surface area contributed by atoms with Crippen molar-refractivity contribution >= 4 is 17.6 Å². The van der Waals surface area contributed by atoms with Gasteiger partial charge in [0.05, 0.1) is 6.61 Å². The number of hydrogen-bond donors (Lipinski definition) is 1. The molecular weight excluding hydrogens is 346 g/mol. The van der Waals surface area contributed by atoms with Crippen molar-refractivity contribution in [3.63, 3.8) is 0 Å².